The van der Waals surface area contributed by atoms with Gasteiger partial charge in [0, 0.05) is 23.9 Å². The number of methoxy groups -OCH3 is 2. The minimum absolute atomic E-state index is 0.116. The van der Waals surface area contributed by atoms with E-state index in [0.29, 0.717) is 34.9 Å². The van der Waals surface area contributed by atoms with Crippen molar-refractivity contribution in [2.45, 2.75) is 18.9 Å². The molecule has 0 bridgehead atoms. The Morgan fingerprint density at radius 3 is 2.40 bits per heavy atom. The van der Waals surface area contributed by atoms with Crippen LogP contribution in [0, 0.1) is 0 Å². The van der Waals surface area contributed by atoms with Crippen molar-refractivity contribution in [2.24, 2.45) is 0 Å². The van der Waals surface area contributed by atoms with Gasteiger partial charge < -0.3 is 19.5 Å². The normalized spacial score (nSPS) is 17.8. The number of hydrogen-bond acceptors (Lipinski definition) is 6. The van der Waals surface area contributed by atoms with Crippen molar-refractivity contribution in [3.63, 3.8) is 0 Å². The van der Waals surface area contributed by atoms with Crippen molar-refractivity contribution in [2.75, 3.05) is 32.7 Å². The zero-order valence-corrected chi connectivity index (χ0v) is 16.8. The Labute approximate surface area is 173 Å². The fourth-order valence-electron chi connectivity index (χ4n) is 3.67. The zero-order chi connectivity index (χ0) is 21.3. The quantitative estimate of drug-likeness (QED) is 0.736. The summed E-state index contributed by atoms with van der Waals surface area (Å²) in [6.45, 7) is 0.900. The third-order valence-corrected chi connectivity index (χ3v) is 5.25. The number of nitrogens with one attached hydrogen (secondary N) is 1. The predicted octanol–water partition coefficient (Wildman–Crippen LogP) is 2.73. The summed E-state index contributed by atoms with van der Waals surface area (Å²) in [5, 5.41) is 2.76. The molecule has 2 aromatic rings. The van der Waals surface area contributed by atoms with E-state index in [1.807, 2.05) is 0 Å². The summed E-state index contributed by atoms with van der Waals surface area (Å²) >= 11 is 0. The van der Waals surface area contributed by atoms with Gasteiger partial charge in [0.15, 0.2) is 0 Å². The molecule has 0 aliphatic carbocycles. The van der Waals surface area contributed by atoms with Gasteiger partial charge in [-0.15, -0.1) is 0 Å². The van der Waals surface area contributed by atoms with Gasteiger partial charge in [0.1, 0.15) is 11.5 Å². The second-order valence-corrected chi connectivity index (χ2v) is 7.17. The van der Waals surface area contributed by atoms with E-state index in [9.17, 15) is 14.4 Å². The molecule has 156 valence electrons. The average Bonchev–Trinajstić information content (AvgIpc) is 3.36. The van der Waals surface area contributed by atoms with E-state index >= 15 is 0 Å². The highest BCUT2D eigenvalue weighted by Crippen LogP contribution is 2.28. The Kier molecular flexibility index (Phi) is 5.41. The molecule has 2 aliphatic heterocycles. The molecule has 4 rings (SSSR count). The zero-order valence-electron chi connectivity index (χ0n) is 16.8. The molecule has 0 aromatic heterocycles. The predicted molar refractivity (Wildman–Crippen MR) is 108 cm³/mol. The summed E-state index contributed by atoms with van der Waals surface area (Å²) < 4.78 is 15.9. The van der Waals surface area contributed by atoms with E-state index in [-0.39, 0.29) is 35.9 Å². The largest absolute Gasteiger partial charge is 0.497 e. The minimum atomic E-state index is -0.389. The molecule has 2 aromatic carbocycles. The lowest BCUT2D eigenvalue weighted by Crippen LogP contribution is -2.36. The number of fused-ring (bicyclic) bond motifs is 1. The van der Waals surface area contributed by atoms with Crippen molar-refractivity contribution >= 4 is 23.4 Å². The maximum absolute atomic E-state index is 12.8. The molecular formula is C22H22N2O6. The lowest BCUT2D eigenvalue weighted by molar-refractivity contribution is 0.0475. The summed E-state index contributed by atoms with van der Waals surface area (Å²) in [4.78, 5) is 39.3. The molecular weight excluding hydrogens is 388 g/mol. The topological polar surface area (TPSA) is 94.2 Å². The number of anilines is 1. The van der Waals surface area contributed by atoms with Gasteiger partial charge in [-0.2, -0.15) is 0 Å². The van der Waals surface area contributed by atoms with Gasteiger partial charge in [0.2, 0.25) is 0 Å². The highest BCUT2D eigenvalue weighted by Gasteiger charge is 2.37. The lowest BCUT2D eigenvalue weighted by Gasteiger charge is -2.17. The number of benzene rings is 2. The van der Waals surface area contributed by atoms with Crippen LogP contribution in [0.3, 0.4) is 0 Å². The Bertz CT molecular complexity index is 990. The van der Waals surface area contributed by atoms with Gasteiger partial charge in [0.25, 0.3) is 17.7 Å². The first kappa shape index (κ1) is 19.9. The van der Waals surface area contributed by atoms with Crippen LogP contribution in [0.2, 0.25) is 0 Å². The van der Waals surface area contributed by atoms with Crippen molar-refractivity contribution in [3.8, 4) is 11.5 Å². The molecule has 8 nitrogen and oxygen atoms in total. The molecule has 0 saturated carbocycles. The first-order valence-corrected chi connectivity index (χ1v) is 9.66. The molecule has 30 heavy (non-hydrogen) atoms. The van der Waals surface area contributed by atoms with Gasteiger partial charge in [0.05, 0.1) is 38.0 Å². The Morgan fingerprint density at radius 1 is 1.07 bits per heavy atom. The summed E-state index contributed by atoms with van der Waals surface area (Å²) in [6.07, 6.45) is 1.65. The van der Waals surface area contributed by atoms with Crippen LogP contribution in [-0.2, 0) is 4.74 Å². The lowest BCUT2D eigenvalue weighted by atomic mass is 10.1. The van der Waals surface area contributed by atoms with Crippen molar-refractivity contribution in [1.82, 2.24) is 4.90 Å². The molecule has 1 unspecified atom stereocenters. The molecule has 1 atom stereocenters. The number of ether oxygens (including phenoxy) is 3. The van der Waals surface area contributed by atoms with E-state index in [1.165, 1.54) is 25.2 Å². The molecule has 0 radical (unpaired) electrons. The second kappa shape index (κ2) is 8.16. The number of rotatable bonds is 6. The van der Waals surface area contributed by atoms with E-state index in [4.69, 9.17) is 14.2 Å². The fraction of sp³-hybridized carbons (Fsp3) is 0.318. The van der Waals surface area contributed by atoms with Crippen LogP contribution in [0.25, 0.3) is 0 Å². The van der Waals surface area contributed by atoms with Gasteiger partial charge in [-0.1, -0.05) is 0 Å². The van der Waals surface area contributed by atoms with Crippen LogP contribution in [0.15, 0.2) is 36.4 Å². The molecule has 1 saturated heterocycles. The number of amides is 3. The van der Waals surface area contributed by atoms with Gasteiger partial charge >= 0.3 is 0 Å². The van der Waals surface area contributed by atoms with Crippen molar-refractivity contribution in [3.05, 3.63) is 53.1 Å². The van der Waals surface area contributed by atoms with E-state index in [0.717, 1.165) is 12.8 Å². The second-order valence-electron chi connectivity index (χ2n) is 7.17. The van der Waals surface area contributed by atoms with Crippen LogP contribution >= 0.6 is 0 Å². The van der Waals surface area contributed by atoms with E-state index < -0.39 is 0 Å². The number of imide groups is 1. The maximum atomic E-state index is 12.8. The molecule has 8 heteroatoms. The number of hydrogen-bond donors (Lipinski definition) is 1. The van der Waals surface area contributed by atoms with Crippen LogP contribution in [-0.4, -0.2) is 56.1 Å². The van der Waals surface area contributed by atoms with Crippen molar-refractivity contribution in [1.29, 1.82) is 0 Å². The average molecular weight is 410 g/mol. The fourth-order valence-corrected chi connectivity index (χ4v) is 3.67. The highest BCUT2D eigenvalue weighted by atomic mass is 16.5. The van der Waals surface area contributed by atoms with Gasteiger partial charge in [-0.05, 0) is 43.2 Å². The van der Waals surface area contributed by atoms with E-state index in [2.05, 4.69) is 5.32 Å². The van der Waals surface area contributed by atoms with Crippen LogP contribution in [0.4, 0.5) is 5.69 Å². The standard InChI is InChI=1S/C22H22N2O6/c1-28-16-8-13(9-17(11-16)29-2)20(25)23-14-5-6-18-19(10-14)22(27)24(21(18)26)12-15-4-3-7-30-15/h5-6,8-11,15H,3-4,7,12H2,1-2H3,(H,23,25). The monoisotopic (exact) mass is 410 g/mol. The molecule has 1 fully saturated rings. The third-order valence-electron chi connectivity index (χ3n) is 5.25. The number of carbonyl (C=O) groups excluding carboxylic acids is 3. The number of carbonyl (C=O) groups is 3. The number of nitrogens with zero attached hydrogens (tertiary/aromatic N) is 1. The molecule has 2 heterocycles. The summed E-state index contributed by atoms with van der Waals surface area (Å²) in [5.41, 5.74) is 1.37. The SMILES string of the molecule is COc1cc(OC)cc(C(=O)Nc2ccc3c(c2)C(=O)N(CC2CCCO2)C3=O)c1. The molecule has 3 amide bonds. The van der Waals surface area contributed by atoms with Crippen molar-refractivity contribution < 1.29 is 28.6 Å². The summed E-state index contributed by atoms with van der Waals surface area (Å²) in [7, 11) is 3.00. The summed E-state index contributed by atoms with van der Waals surface area (Å²) in [6, 6.07) is 9.54. The first-order chi connectivity index (χ1) is 14.5. The Hall–Kier alpha value is -3.39. The van der Waals surface area contributed by atoms with E-state index in [1.54, 1.807) is 30.3 Å². The summed E-state index contributed by atoms with van der Waals surface area (Å²) in [5.74, 6) is -0.122. The third kappa shape index (κ3) is 3.73. The van der Waals surface area contributed by atoms with Crippen LogP contribution in [0.1, 0.15) is 43.9 Å². The molecule has 2 aliphatic rings. The molecule has 1 N–H and O–H groups in total. The smallest absolute Gasteiger partial charge is 0.261 e. The minimum Gasteiger partial charge on any atom is -0.497 e. The highest BCUT2D eigenvalue weighted by molar-refractivity contribution is 6.22. The first-order valence-electron chi connectivity index (χ1n) is 9.66. The Morgan fingerprint density at radius 2 is 1.77 bits per heavy atom. The maximum Gasteiger partial charge on any atom is 0.261 e. The van der Waals surface area contributed by atoms with Gasteiger partial charge in [-0.25, -0.2) is 0 Å². The van der Waals surface area contributed by atoms with Gasteiger partial charge in [-0.3, -0.25) is 19.3 Å². The van der Waals surface area contributed by atoms with Crippen LogP contribution in [0.5, 0.6) is 11.5 Å². The van der Waals surface area contributed by atoms with Crippen LogP contribution < -0.4 is 14.8 Å². The molecule has 0 spiro atoms. The Balaban J connectivity index is 1.53.